The van der Waals surface area contributed by atoms with Gasteiger partial charge in [0.15, 0.2) is 0 Å². The van der Waals surface area contributed by atoms with Crippen molar-refractivity contribution in [3.63, 3.8) is 0 Å². The van der Waals surface area contributed by atoms with Gasteiger partial charge in [-0.15, -0.1) is 0 Å². The van der Waals surface area contributed by atoms with Gasteiger partial charge in [0.1, 0.15) is 0 Å². The van der Waals surface area contributed by atoms with Gasteiger partial charge in [0, 0.05) is 10.4 Å². The van der Waals surface area contributed by atoms with Gasteiger partial charge in [-0.1, -0.05) is 34.2 Å². The number of alkyl halides is 2. The highest BCUT2D eigenvalue weighted by Gasteiger charge is 2.31. The van der Waals surface area contributed by atoms with Crippen LogP contribution in [0.3, 0.4) is 0 Å². The highest BCUT2D eigenvalue weighted by Crippen LogP contribution is 2.32. The molecule has 1 unspecified atom stereocenters. The van der Waals surface area contributed by atoms with Gasteiger partial charge < -0.3 is 0 Å². The molecule has 1 aliphatic rings. The van der Waals surface area contributed by atoms with Gasteiger partial charge in [-0.05, 0) is 13.3 Å². The van der Waals surface area contributed by atoms with Gasteiger partial charge in [0.25, 0.3) is 5.92 Å². The van der Waals surface area contributed by atoms with Gasteiger partial charge >= 0.3 is 0 Å². The third kappa shape index (κ3) is 2.40. The Bertz CT molecular complexity index is 201. The maximum atomic E-state index is 12.6. The van der Waals surface area contributed by atoms with Crippen LogP contribution in [0.15, 0.2) is 22.7 Å². The molecule has 0 fully saturated rings. The lowest BCUT2D eigenvalue weighted by Gasteiger charge is -2.20. The Hall–Kier alpha value is -0.180. The number of allylic oxidation sites excluding steroid dienone is 4. The van der Waals surface area contributed by atoms with Crippen molar-refractivity contribution >= 4 is 15.9 Å². The third-order valence-corrected chi connectivity index (χ3v) is 2.29. The zero-order chi connectivity index (χ0) is 8.48. The molecule has 1 rings (SSSR count). The minimum atomic E-state index is -2.60. The van der Waals surface area contributed by atoms with E-state index in [4.69, 9.17) is 0 Å². The standard InChI is InChI=1S/C8H9BrF2/c1-8(10,11)6-2-4-7(9)5-3-6/h2,4-6H,3H2,1H3. The van der Waals surface area contributed by atoms with Crippen LogP contribution in [0, 0.1) is 5.92 Å². The van der Waals surface area contributed by atoms with Crippen molar-refractivity contribution in [2.45, 2.75) is 19.3 Å². The first-order chi connectivity index (χ1) is 5.00. The van der Waals surface area contributed by atoms with Crippen LogP contribution in [0.2, 0.25) is 0 Å². The zero-order valence-corrected chi connectivity index (χ0v) is 7.74. The Labute approximate surface area is 73.1 Å². The summed E-state index contributed by atoms with van der Waals surface area (Å²) in [6, 6.07) is 0. The van der Waals surface area contributed by atoms with E-state index in [1.165, 1.54) is 0 Å². The first kappa shape index (κ1) is 8.91. The van der Waals surface area contributed by atoms with Crippen molar-refractivity contribution in [1.82, 2.24) is 0 Å². The molecule has 0 aromatic heterocycles. The minimum absolute atomic E-state index is 0.417. The molecule has 11 heavy (non-hydrogen) atoms. The van der Waals surface area contributed by atoms with Gasteiger partial charge in [-0.3, -0.25) is 0 Å². The Morgan fingerprint density at radius 1 is 1.64 bits per heavy atom. The summed E-state index contributed by atoms with van der Waals surface area (Å²) in [5, 5.41) is 0. The van der Waals surface area contributed by atoms with Gasteiger partial charge in [-0.2, -0.15) is 0 Å². The Kier molecular flexibility index (Phi) is 2.47. The molecule has 0 saturated heterocycles. The lowest BCUT2D eigenvalue weighted by Crippen LogP contribution is -2.22. The smallest absolute Gasteiger partial charge is 0.207 e. The molecule has 0 N–H and O–H groups in total. The molecular weight excluding hydrogens is 214 g/mol. The molecule has 0 spiro atoms. The fourth-order valence-electron chi connectivity index (χ4n) is 0.970. The van der Waals surface area contributed by atoms with E-state index in [-0.39, 0.29) is 0 Å². The Balaban J connectivity index is 2.63. The van der Waals surface area contributed by atoms with Crippen LogP contribution in [0.1, 0.15) is 13.3 Å². The number of hydrogen-bond donors (Lipinski definition) is 0. The van der Waals surface area contributed by atoms with E-state index in [0.717, 1.165) is 11.4 Å². The second kappa shape index (κ2) is 3.05. The third-order valence-electron chi connectivity index (χ3n) is 1.71. The maximum Gasteiger partial charge on any atom is 0.251 e. The van der Waals surface area contributed by atoms with Crippen LogP contribution in [-0.2, 0) is 0 Å². The van der Waals surface area contributed by atoms with E-state index >= 15 is 0 Å². The molecule has 0 amide bonds. The first-order valence-corrected chi connectivity index (χ1v) is 4.21. The average Bonchev–Trinajstić information content (AvgIpc) is 1.86. The summed E-state index contributed by atoms with van der Waals surface area (Å²) in [5.74, 6) is -3.23. The van der Waals surface area contributed by atoms with Crippen LogP contribution in [-0.4, -0.2) is 5.92 Å². The highest BCUT2D eigenvalue weighted by molar-refractivity contribution is 9.11. The predicted octanol–water partition coefficient (Wildman–Crippen LogP) is 3.50. The lowest BCUT2D eigenvalue weighted by molar-refractivity contribution is -0.0201. The monoisotopic (exact) mass is 222 g/mol. The van der Waals surface area contributed by atoms with Crippen molar-refractivity contribution in [3.8, 4) is 0 Å². The topological polar surface area (TPSA) is 0 Å². The van der Waals surface area contributed by atoms with Crippen LogP contribution in [0.5, 0.6) is 0 Å². The second-order valence-electron chi connectivity index (χ2n) is 2.75. The normalized spacial score (nSPS) is 25.1. The summed E-state index contributed by atoms with van der Waals surface area (Å²) in [4.78, 5) is 0. The quantitative estimate of drug-likeness (QED) is 0.638. The van der Waals surface area contributed by atoms with Gasteiger partial charge in [-0.25, -0.2) is 8.78 Å². The summed E-state index contributed by atoms with van der Waals surface area (Å²) in [7, 11) is 0. The van der Waals surface area contributed by atoms with E-state index in [1.54, 1.807) is 18.2 Å². The molecule has 0 aromatic carbocycles. The molecule has 0 heterocycles. The van der Waals surface area contributed by atoms with E-state index in [1.807, 2.05) is 0 Å². The van der Waals surface area contributed by atoms with Crippen LogP contribution in [0.4, 0.5) is 8.78 Å². The second-order valence-corrected chi connectivity index (χ2v) is 3.66. The van der Waals surface area contributed by atoms with E-state index in [2.05, 4.69) is 15.9 Å². The molecule has 0 aromatic rings. The van der Waals surface area contributed by atoms with E-state index in [9.17, 15) is 8.78 Å². The molecule has 0 aliphatic heterocycles. The summed E-state index contributed by atoms with van der Waals surface area (Å²) in [5.41, 5.74) is 0. The Morgan fingerprint density at radius 3 is 2.64 bits per heavy atom. The van der Waals surface area contributed by atoms with Crippen LogP contribution < -0.4 is 0 Å². The van der Waals surface area contributed by atoms with Gasteiger partial charge in [0.05, 0.1) is 0 Å². The van der Waals surface area contributed by atoms with Crippen molar-refractivity contribution < 1.29 is 8.78 Å². The molecule has 0 nitrogen and oxygen atoms in total. The van der Waals surface area contributed by atoms with Gasteiger partial charge in [0.2, 0.25) is 0 Å². The molecular formula is C8H9BrF2. The summed E-state index contributed by atoms with van der Waals surface area (Å²) in [6.45, 7) is 0.953. The fourth-order valence-corrected chi connectivity index (χ4v) is 1.31. The highest BCUT2D eigenvalue weighted by atomic mass is 79.9. The zero-order valence-electron chi connectivity index (χ0n) is 6.15. The average molecular weight is 223 g/mol. The van der Waals surface area contributed by atoms with Crippen molar-refractivity contribution in [3.05, 3.63) is 22.7 Å². The number of halogens is 3. The molecule has 3 heteroatoms. The summed E-state index contributed by atoms with van der Waals surface area (Å²) in [6.07, 6.45) is 5.40. The molecule has 1 atom stereocenters. The van der Waals surface area contributed by atoms with Crippen LogP contribution in [0.25, 0.3) is 0 Å². The number of rotatable bonds is 1. The molecule has 62 valence electrons. The molecule has 0 bridgehead atoms. The summed E-state index contributed by atoms with van der Waals surface area (Å²) >= 11 is 3.21. The fraction of sp³-hybridized carbons (Fsp3) is 0.500. The van der Waals surface area contributed by atoms with Crippen LogP contribution >= 0.6 is 15.9 Å². The number of hydrogen-bond acceptors (Lipinski definition) is 0. The molecule has 0 radical (unpaired) electrons. The van der Waals surface area contributed by atoms with E-state index in [0.29, 0.717) is 6.42 Å². The summed E-state index contributed by atoms with van der Waals surface area (Å²) < 4.78 is 26.2. The predicted molar refractivity (Wildman–Crippen MR) is 44.9 cm³/mol. The van der Waals surface area contributed by atoms with Crippen molar-refractivity contribution in [2.24, 2.45) is 5.92 Å². The Morgan fingerprint density at radius 2 is 2.27 bits per heavy atom. The lowest BCUT2D eigenvalue weighted by atomic mass is 9.95. The maximum absolute atomic E-state index is 12.6. The first-order valence-electron chi connectivity index (χ1n) is 3.42. The van der Waals surface area contributed by atoms with Crippen molar-refractivity contribution in [1.29, 1.82) is 0 Å². The largest absolute Gasteiger partial charge is 0.251 e. The molecule has 0 saturated carbocycles. The minimum Gasteiger partial charge on any atom is -0.207 e. The SMILES string of the molecule is CC(F)(F)C1C=CC(Br)=CC1. The van der Waals surface area contributed by atoms with Crippen molar-refractivity contribution in [2.75, 3.05) is 0 Å². The molecule has 1 aliphatic carbocycles. The van der Waals surface area contributed by atoms with E-state index < -0.39 is 11.8 Å².